The molecular weight excluding hydrogens is 424 g/mol. The molecule has 5 aliphatic carbocycles. The SMILES string of the molecule is C[C@H]1[C@H](C)CC[C@]2(C)CC[C@]3(C)C(=C[C@@H](O)[C@@H]4[C@@]5(C)[C@@H]6CC(=O)C(C)(C)[C@@]5(CC[C@]43C)OO6)[C@H]12. The van der Waals surface area contributed by atoms with Gasteiger partial charge in [0, 0.05) is 17.8 Å². The minimum atomic E-state index is -0.678. The van der Waals surface area contributed by atoms with Crippen LogP contribution in [0.1, 0.15) is 100 Å². The van der Waals surface area contributed by atoms with Gasteiger partial charge < -0.3 is 5.11 Å². The third-order valence-electron chi connectivity index (χ3n) is 13.7. The van der Waals surface area contributed by atoms with Crippen molar-refractivity contribution in [1.82, 2.24) is 0 Å². The first-order valence-electron chi connectivity index (χ1n) is 14.0. The lowest BCUT2D eigenvalue weighted by Gasteiger charge is -2.72. The van der Waals surface area contributed by atoms with E-state index in [9.17, 15) is 9.90 Å². The summed E-state index contributed by atoms with van der Waals surface area (Å²) in [5, 5.41) is 12.1. The van der Waals surface area contributed by atoms with Crippen LogP contribution in [0.25, 0.3) is 0 Å². The number of fused-ring (bicyclic) bond motifs is 5. The van der Waals surface area contributed by atoms with Crippen LogP contribution in [0.2, 0.25) is 0 Å². The number of hydrogen-bond acceptors (Lipinski definition) is 4. The van der Waals surface area contributed by atoms with Gasteiger partial charge in [-0.3, -0.25) is 4.79 Å². The first-order valence-corrected chi connectivity index (χ1v) is 14.0. The fourth-order valence-corrected chi connectivity index (χ4v) is 11.0. The van der Waals surface area contributed by atoms with E-state index >= 15 is 0 Å². The highest BCUT2D eigenvalue weighted by Gasteiger charge is 2.81. The highest BCUT2D eigenvalue weighted by atomic mass is 17.2. The molecule has 6 aliphatic rings. The third kappa shape index (κ3) is 2.28. The summed E-state index contributed by atoms with van der Waals surface area (Å²) in [4.78, 5) is 25.5. The molecule has 190 valence electrons. The molecule has 4 saturated carbocycles. The van der Waals surface area contributed by atoms with Gasteiger partial charge in [0.15, 0.2) is 0 Å². The molecule has 4 nitrogen and oxygen atoms in total. The molecule has 1 aliphatic heterocycles. The molecule has 1 N–H and O–H groups in total. The van der Waals surface area contributed by atoms with Crippen LogP contribution < -0.4 is 0 Å². The summed E-state index contributed by atoms with van der Waals surface area (Å²) in [7, 11) is 0. The zero-order valence-corrected chi connectivity index (χ0v) is 22.7. The topological polar surface area (TPSA) is 55.8 Å². The van der Waals surface area contributed by atoms with Crippen molar-refractivity contribution < 1.29 is 19.7 Å². The zero-order valence-electron chi connectivity index (χ0n) is 22.7. The molecule has 0 amide bonds. The van der Waals surface area contributed by atoms with Crippen LogP contribution in [0, 0.1) is 50.7 Å². The molecule has 2 bridgehead atoms. The van der Waals surface area contributed by atoms with Gasteiger partial charge in [-0.1, -0.05) is 53.2 Å². The maximum Gasteiger partial charge on any atom is 0.144 e. The van der Waals surface area contributed by atoms with Crippen molar-refractivity contribution >= 4 is 5.78 Å². The normalized spacial score (nSPS) is 59.9. The molecule has 0 unspecified atom stereocenters. The minimum absolute atomic E-state index is 0.00283. The lowest BCUT2D eigenvalue weighted by molar-refractivity contribution is -0.348. The summed E-state index contributed by atoms with van der Waals surface area (Å²) in [6.07, 6.45) is 8.70. The third-order valence-corrected chi connectivity index (χ3v) is 13.7. The number of rotatable bonds is 0. The average Bonchev–Trinajstić information content (AvgIpc) is 3.00. The number of carbonyl (C=O) groups excluding carboxylic acids is 1. The lowest BCUT2D eigenvalue weighted by atomic mass is 9.32. The second kappa shape index (κ2) is 6.58. The van der Waals surface area contributed by atoms with E-state index in [1.807, 2.05) is 0 Å². The van der Waals surface area contributed by atoms with Crippen molar-refractivity contribution in [1.29, 1.82) is 0 Å². The molecule has 0 aromatic heterocycles. The maximum atomic E-state index is 13.2. The van der Waals surface area contributed by atoms with Crippen LogP contribution >= 0.6 is 0 Å². The molecular formula is C30H46O4. The van der Waals surface area contributed by atoms with E-state index in [0.717, 1.165) is 18.8 Å². The quantitative estimate of drug-likeness (QED) is 0.335. The zero-order chi connectivity index (χ0) is 24.7. The predicted octanol–water partition coefficient (Wildman–Crippen LogP) is 6.27. The molecule has 0 aromatic rings. The van der Waals surface area contributed by atoms with Gasteiger partial charge >= 0.3 is 0 Å². The summed E-state index contributed by atoms with van der Waals surface area (Å²) < 4.78 is 0. The van der Waals surface area contributed by atoms with Gasteiger partial charge in [-0.15, -0.1) is 0 Å². The number of ketones is 1. The Hall–Kier alpha value is -0.710. The Morgan fingerprint density at radius 1 is 0.971 bits per heavy atom. The molecule has 1 saturated heterocycles. The van der Waals surface area contributed by atoms with E-state index in [1.165, 1.54) is 25.7 Å². The molecule has 5 fully saturated rings. The summed E-state index contributed by atoms with van der Waals surface area (Å²) in [5.74, 6) is 2.14. The number of hydrogen-bond donors (Lipinski definition) is 1. The number of aliphatic hydroxyl groups is 1. The number of Topliss-reactive ketones (excluding diaryl/α,β-unsaturated/α-hetero) is 1. The smallest absolute Gasteiger partial charge is 0.144 e. The summed E-state index contributed by atoms with van der Waals surface area (Å²) in [5.41, 5.74) is 0.150. The monoisotopic (exact) mass is 470 g/mol. The first-order chi connectivity index (χ1) is 15.7. The van der Waals surface area contributed by atoms with Crippen LogP contribution in [-0.4, -0.2) is 28.7 Å². The summed E-state index contributed by atoms with van der Waals surface area (Å²) in [6.45, 7) is 18.8. The Balaban J connectivity index is 1.53. The van der Waals surface area contributed by atoms with E-state index in [2.05, 4.69) is 61.5 Å². The van der Waals surface area contributed by atoms with Gasteiger partial charge in [0.1, 0.15) is 17.5 Å². The molecule has 34 heavy (non-hydrogen) atoms. The van der Waals surface area contributed by atoms with Crippen molar-refractivity contribution in [2.75, 3.05) is 0 Å². The number of allylic oxidation sites excluding steroid dienone is 1. The van der Waals surface area contributed by atoms with Gasteiger partial charge in [-0.2, -0.15) is 0 Å². The Kier molecular flexibility index (Phi) is 4.58. The Morgan fingerprint density at radius 3 is 2.38 bits per heavy atom. The summed E-state index contributed by atoms with van der Waals surface area (Å²) >= 11 is 0. The molecule has 0 aromatic carbocycles. The minimum Gasteiger partial charge on any atom is -0.389 e. The molecule has 1 heterocycles. The molecule has 0 spiro atoms. The van der Waals surface area contributed by atoms with Crippen LogP contribution in [0.3, 0.4) is 0 Å². The van der Waals surface area contributed by atoms with Gasteiger partial charge in [-0.05, 0) is 86.4 Å². The second-order valence-corrected chi connectivity index (χ2v) is 14.9. The van der Waals surface area contributed by atoms with Gasteiger partial charge in [0.25, 0.3) is 0 Å². The van der Waals surface area contributed by atoms with Gasteiger partial charge in [0.05, 0.1) is 11.5 Å². The Labute approximate surface area is 206 Å². The first kappa shape index (κ1) is 23.7. The van der Waals surface area contributed by atoms with E-state index in [1.54, 1.807) is 5.57 Å². The average molecular weight is 471 g/mol. The van der Waals surface area contributed by atoms with Crippen molar-refractivity contribution in [3.8, 4) is 0 Å². The second-order valence-electron chi connectivity index (χ2n) is 14.9. The van der Waals surface area contributed by atoms with E-state index in [0.29, 0.717) is 23.7 Å². The lowest BCUT2D eigenvalue weighted by Crippen LogP contribution is -2.75. The van der Waals surface area contributed by atoms with Crippen LogP contribution in [-0.2, 0) is 14.6 Å². The maximum absolute atomic E-state index is 13.2. The Bertz CT molecular complexity index is 969. The highest BCUT2D eigenvalue weighted by molar-refractivity contribution is 5.88. The van der Waals surface area contributed by atoms with Crippen LogP contribution in [0.15, 0.2) is 11.6 Å². The molecule has 4 heteroatoms. The van der Waals surface area contributed by atoms with Crippen LogP contribution in [0.5, 0.6) is 0 Å². The van der Waals surface area contributed by atoms with Crippen molar-refractivity contribution in [3.63, 3.8) is 0 Å². The predicted molar refractivity (Wildman–Crippen MR) is 132 cm³/mol. The Morgan fingerprint density at radius 2 is 1.68 bits per heavy atom. The van der Waals surface area contributed by atoms with E-state index < -0.39 is 22.5 Å². The van der Waals surface area contributed by atoms with Gasteiger partial charge in [0.2, 0.25) is 0 Å². The van der Waals surface area contributed by atoms with Crippen LogP contribution in [0.4, 0.5) is 0 Å². The van der Waals surface area contributed by atoms with Crippen molar-refractivity contribution in [2.24, 2.45) is 50.7 Å². The van der Waals surface area contributed by atoms with Gasteiger partial charge in [-0.25, -0.2) is 9.78 Å². The van der Waals surface area contributed by atoms with E-state index in [4.69, 9.17) is 9.78 Å². The standard InChI is InChI=1S/C30H46O4/c1-17-9-10-26(5)11-12-27(6)19(23(26)18(17)2)15-20(31)24-28(27,7)13-14-30-25(3,4)21(32)16-22(33-34-30)29(24,30)8/h15,17-18,20,22-24,31H,9-14,16H2,1-8H3/t17-,18+,20-,22+,23+,24+,26-,27-,28-,29-,30-/m1/s1. The number of aliphatic hydroxyl groups excluding tert-OH is 1. The fourth-order valence-electron chi connectivity index (χ4n) is 11.0. The van der Waals surface area contributed by atoms with Crippen molar-refractivity contribution in [3.05, 3.63) is 11.6 Å². The van der Waals surface area contributed by atoms with Crippen molar-refractivity contribution in [2.45, 2.75) is 118 Å². The molecule has 0 radical (unpaired) electrons. The highest BCUT2D eigenvalue weighted by Crippen LogP contribution is 2.78. The largest absolute Gasteiger partial charge is 0.389 e. The number of carbonyl (C=O) groups is 1. The molecule has 11 atom stereocenters. The fraction of sp³-hybridized carbons (Fsp3) is 0.900. The van der Waals surface area contributed by atoms with E-state index in [-0.39, 0.29) is 28.6 Å². The summed E-state index contributed by atoms with van der Waals surface area (Å²) in [6, 6.07) is 0. The molecule has 6 rings (SSSR count).